The first-order valence-electron chi connectivity index (χ1n) is 6.99. The van der Waals surface area contributed by atoms with Gasteiger partial charge in [0.1, 0.15) is 11.7 Å². The summed E-state index contributed by atoms with van der Waals surface area (Å²) in [5.41, 5.74) is 2.41. The molecule has 0 aliphatic rings. The Bertz CT molecular complexity index is 785. The molecule has 1 unspecified atom stereocenters. The Hall–Kier alpha value is -2.22. The van der Waals surface area contributed by atoms with E-state index >= 15 is 0 Å². The largest absolute Gasteiger partial charge is 0.319 e. The number of hydrogen-bond donors (Lipinski definition) is 1. The van der Waals surface area contributed by atoms with Crippen LogP contribution in [0.5, 0.6) is 0 Å². The monoisotopic (exact) mass is 380 g/mol. The number of halogens is 1. The van der Waals surface area contributed by atoms with Gasteiger partial charge in [-0.15, -0.1) is 0 Å². The molecule has 0 aliphatic heterocycles. The Labute approximate surface area is 142 Å². The highest BCUT2D eigenvalue weighted by molar-refractivity contribution is 9.10. The van der Waals surface area contributed by atoms with Crippen molar-refractivity contribution in [3.63, 3.8) is 0 Å². The van der Waals surface area contributed by atoms with Crippen molar-refractivity contribution < 1.29 is 9.72 Å². The zero-order valence-electron chi connectivity index (χ0n) is 13.3. The Morgan fingerprint density at radius 1 is 1.39 bits per heavy atom. The third kappa shape index (κ3) is 3.42. The molecule has 1 N–H and O–H groups in total. The third-order valence-electron chi connectivity index (χ3n) is 3.59. The minimum atomic E-state index is -0.596. The average Bonchev–Trinajstić information content (AvgIpc) is 2.75. The molecule has 0 spiro atoms. The molecule has 8 heteroatoms. The highest BCUT2D eigenvalue weighted by Crippen LogP contribution is 2.27. The zero-order valence-corrected chi connectivity index (χ0v) is 14.8. The van der Waals surface area contributed by atoms with E-state index in [4.69, 9.17) is 0 Å². The molecule has 122 valence electrons. The standard InChI is InChI=1S/C15H17BrN4O3/c1-8-5-6-12(13(7-8)20(22)23)17-15(21)11(4)19-10(3)14(16)9(2)18-19/h5-7,11H,1-4H3,(H,17,21). The molecule has 7 nitrogen and oxygen atoms in total. The number of nitro groups is 1. The Morgan fingerprint density at radius 3 is 2.57 bits per heavy atom. The van der Waals surface area contributed by atoms with Gasteiger partial charge in [-0.25, -0.2) is 0 Å². The van der Waals surface area contributed by atoms with Crippen molar-refractivity contribution in [2.24, 2.45) is 0 Å². The van der Waals surface area contributed by atoms with E-state index in [0.717, 1.165) is 21.4 Å². The average molecular weight is 381 g/mol. The van der Waals surface area contributed by atoms with Crippen molar-refractivity contribution in [2.45, 2.75) is 33.7 Å². The van der Waals surface area contributed by atoms with Crippen LogP contribution >= 0.6 is 15.9 Å². The number of nitrogens with zero attached hydrogens (tertiary/aromatic N) is 3. The SMILES string of the molecule is Cc1ccc(NC(=O)C(C)n2nc(C)c(Br)c2C)c([N+](=O)[O-])c1. The second-order valence-corrected chi connectivity index (χ2v) is 6.17. The molecule has 1 heterocycles. The first-order valence-corrected chi connectivity index (χ1v) is 7.78. The summed E-state index contributed by atoms with van der Waals surface area (Å²) < 4.78 is 2.44. The Morgan fingerprint density at radius 2 is 2.04 bits per heavy atom. The third-order valence-corrected chi connectivity index (χ3v) is 4.74. The summed E-state index contributed by atoms with van der Waals surface area (Å²) in [7, 11) is 0. The van der Waals surface area contributed by atoms with E-state index in [0.29, 0.717) is 0 Å². The maximum atomic E-state index is 12.4. The number of amides is 1. The molecule has 0 radical (unpaired) electrons. The van der Waals surface area contributed by atoms with Gasteiger partial charge in [0, 0.05) is 6.07 Å². The Kier molecular flexibility index (Phi) is 4.84. The topological polar surface area (TPSA) is 90.1 Å². The maximum absolute atomic E-state index is 12.4. The van der Waals surface area contributed by atoms with Crippen LogP contribution < -0.4 is 5.32 Å². The number of anilines is 1. The van der Waals surface area contributed by atoms with E-state index in [1.807, 2.05) is 13.8 Å². The second kappa shape index (κ2) is 6.49. The molecule has 0 fully saturated rings. The molecule has 1 atom stereocenters. The molecule has 0 saturated heterocycles. The lowest BCUT2D eigenvalue weighted by Crippen LogP contribution is -2.25. The highest BCUT2D eigenvalue weighted by atomic mass is 79.9. The Balaban J connectivity index is 2.28. The number of carbonyl (C=O) groups is 1. The van der Waals surface area contributed by atoms with Crippen LogP contribution in [0.1, 0.15) is 29.9 Å². The molecule has 0 bridgehead atoms. The van der Waals surface area contributed by atoms with Gasteiger partial charge in [0.25, 0.3) is 5.69 Å². The summed E-state index contributed by atoms with van der Waals surface area (Å²) in [4.78, 5) is 23.1. The number of rotatable bonds is 4. The molecule has 1 aromatic carbocycles. The zero-order chi connectivity index (χ0) is 17.3. The van der Waals surface area contributed by atoms with E-state index in [9.17, 15) is 14.9 Å². The molecule has 0 aliphatic carbocycles. The predicted octanol–water partition coefficient (Wildman–Crippen LogP) is 3.68. The molecule has 1 aromatic heterocycles. The van der Waals surface area contributed by atoms with Gasteiger partial charge >= 0.3 is 0 Å². The van der Waals surface area contributed by atoms with Crippen LogP contribution in [-0.4, -0.2) is 20.6 Å². The molecule has 23 heavy (non-hydrogen) atoms. The van der Waals surface area contributed by atoms with E-state index in [1.165, 1.54) is 12.1 Å². The fourth-order valence-electron chi connectivity index (χ4n) is 2.27. The van der Waals surface area contributed by atoms with Crippen LogP contribution in [0.15, 0.2) is 22.7 Å². The summed E-state index contributed by atoms with van der Waals surface area (Å²) in [5.74, 6) is -0.366. The first kappa shape index (κ1) is 17.1. The molecular weight excluding hydrogens is 364 g/mol. The van der Waals surface area contributed by atoms with Crippen LogP contribution in [0, 0.1) is 30.9 Å². The van der Waals surface area contributed by atoms with Crippen molar-refractivity contribution in [3.8, 4) is 0 Å². The van der Waals surface area contributed by atoms with Crippen LogP contribution in [0.25, 0.3) is 0 Å². The normalized spacial score (nSPS) is 12.0. The van der Waals surface area contributed by atoms with Gasteiger partial charge in [-0.2, -0.15) is 5.10 Å². The summed E-state index contributed by atoms with van der Waals surface area (Å²) >= 11 is 3.42. The molecule has 0 saturated carbocycles. The van der Waals surface area contributed by atoms with Gasteiger partial charge in [0.2, 0.25) is 5.91 Å². The number of nitro benzene ring substituents is 1. The van der Waals surface area contributed by atoms with Crippen LogP contribution in [-0.2, 0) is 4.79 Å². The minimum Gasteiger partial charge on any atom is -0.319 e. The first-order chi connectivity index (χ1) is 10.7. The lowest BCUT2D eigenvalue weighted by atomic mass is 10.2. The van der Waals surface area contributed by atoms with E-state index in [2.05, 4.69) is 26.3 Å². The summed E-state index contributed by atoms with van der Waals surface area (Å²) in [6.45, 7) is 7.14. The number of nitrogens with one attached hydrogen (secondary N) is 1. The van der Waals surface area contributed by atoms with Gasteiger partial charge in [-0.05, 0) is 55.3 Å². The van der Waals surface area contributed by atoms with Crippen LogP contribution in [0.2, 0.25) is 0 Å². The number of hydrogen-bond acceptors (Lipinski definition) is 4. The van der Waals surface area contributed by atoms with Gasteiger partial charge in [0.15, 0.2) is 0 Å². The molecule has 1 amide bonds. The fourth-order valence-corrected chi connectivity index (χ4v) is 2.53. The fraction of sp³-hybridized carbons (Fsp3) is 0.333. The van der Waals surface area contributed by atoms with Crippen molar-refractivity contribution in [3.05, 3.63) is 49.7 Å². The van der Waals surface area contributed by atoms with Crippen molar-refractivity contribution in [2.75, 3.05) is 5.32 Å². The lowest BCUT2D eigenvalue weighted by Gasteiger charge is -2.14. The van der Waals surface area contributed by atoms with Gasteiger partial charge in [-0.1, -0.05) is 6.07 Å². The van der Waals surface area contributed by atoms with Crippen molar-refractivity contribution in [1.82, 2.24) is 9.78 Å². The van der Waals surface area contributed by atoms with Crippen molar-refractivity contribution >= 4 is 33.2 Å². The number of aromatic nitrogens is 2. The maximum Gasteiger partial charge on any atom is 0.293 e. The van der Waals surface area contributed by atoms with Crippen LogP contribution in [0.4, 0.5) is 11.4 Å². The van der Waals surface area contributed by atoms with E-state index in [1.54, 1.807) is 24.6 Å². The van der Waals surface area contributed by atoms with E-state index in [-0.39, 0.29) is 17.3 Å². The summed E-state index contributed by atoms with van der Waals surface area (Å²) in [6.07, 6.45) is 0. The van der Waals surface area contributed by atoms with Gasteiger partial charge in [0.05, 0.1) is 20.8 Å². The number of aryl methyl sites for hydroxylation is 2. The molecular formula is C15H17BrN4O3. The number of benzene rings is 1. The summed E-state index contributed by atoms with van der Waals surface area (Å²) in [5, 5.41) is 18.1. The van der Waals surface area contributed by atoms with Crippen LogP contribution in [0.3, 0.4) is 0 Å². The van der Waals surface area contributed by atoms with E-state index < -0.39 is 11.0 Å². The molecule has 2 rings (SSSR count). The predicted molar refractivity (Wildman–Crippen MR) is 90.6 cm³/mol. The van der Waals surface area contributed by atoms with Gasteiger partial charge in [-0.3, -0.25) is 19.6 Å². The van der Waals surface area contributed by atoms with Gasteiger partial charge < -0.3 is 5.32 Å². The molecule has 2 aromatic rings. The minimum absolute atomic E-state index is 0.125. The second-order valence-electron chi connectivity index (χ2n) is 5.37. The summed E-state index contributed by atoms with van der Waals surface area (Å²) in [6, 6.07) is 4.09. The highest BCUT2D eigenvalue weighted by Gasteiger charge is 2.23. The van der Waals surface area contributed by atoms with Crippen molar-refractivity contribution in [1.29, 1.82) is 0 Å². The quantitative estimate of drug-likeness (QED) is 0.646. The number of carbonyl (C=O) groups excluding carboxylic acids is 1. The lowest BCUT2D eigenvalue weighted by molar-refractivity contribution is -0.384. The smallest absolute Gasteiger partial charge is 0.293 e.